The van der Waals surface area contributed by atoms with Crippen molar-refractivity contribution >= 4 is 5.78 Å². The number of Topliss-reactive ketones (excluding diaryl/α,β-unsaturated/α-hetero) is 1. The molecular formula is C11H11F2NO2. The van der Waals surface area contributed by atoms with Crippen LogP contribution in [0.2, 0.25) is 0 Å². The molecule has 2 N–H and O–H groups in total. The van der Waals surface area contributed by atoms with Gasteiger partial charge in [-0.05, 0) is 24.6 Å². The summed E-state index contributed by atoms with van der Waals surface area (Å²) in [7, 11) is 0. The molecule has 1 aromatic rings. The van der Waals surface area contributed by atoms with E-state index < -0.39 is 23.0 Å². The first-order chi connectivity index (χ1) is 7.53. The van der Waals surface area contributed by atoms with Gasteiger partial charge in [0.2, 0.25) is 0 Å². The van der Waals surface area contributed by atoms with Crippen molar-refractivity contribution in [2.24, 2.45) is 5.73 Å². The Balaban J connectivity index is 2.30. The predicted molar refractivity (Wildman–Crippen MR) is 53.0 cm³/mol. The average Bonchev–Trinajstić information content (AvgIpc) is 2.70. The lowest BCUT2D eigenvalue weighted by Crippen LogP contribution is -2.48. The Labute approximate surface area is 91.2 Å². The third-order valence-electron chi connectivity index (χ3n) is 2.69. The minimum atomic E-state index is -1.11. The lowest BCUT2D eigenvalue weighted by atomic mass is 9.89. The fourth-order valence-electron chi connectivity index (χ4n) is 1.68. The molecule has 0 aliphatic carbocycles. The van der Waals surface area contributed by atoms with Crippen molar-refractivity contribution in [2.75, 3.05) is 13.2 Å². The fraction of sp³-hybridized carbons (Fsp3) is 0.364. The van der Waals surface area contributed by atoms with Gasteiger partial charge in [-0.2, -0.15) is 0 Å². The highest BCUT2D eigenvalue weighted by Gasteiger charge is 2.38. The van der Waals surface area contributed by atoms with E-state index in [0.717, 1.165) is 12.1 Å². The van der Waals surface area contributed by atoms with Gasteiger partial charge in [0.15, 0.2) is 17.4 Å². The van der Waals surface area contributed by atoms with Gasteiger partial charge in [-0.15, -0.1) is 0 Å². The van der Waals surface area contributed by atoms with Gasteiger partial charge in [0.1, 0.15) is 5.54 Å². The Bertz CT molecular complexity index is 428. The van der Waals surface area contributed by atoms with Crippen molar-refractivity contribution in [3.63, 3.8) is 0 Å². The van der Waals surface area contributed by atoms with E-state index in [1.54, 1.807) is 0 Å². The first kappa shape index (κ1) is 11.2. The van der Waals surface area contributed by atoms with Gasteiger partial charge in [0.05, 0.1) is 6.61 Å². The minimum Gasteiger partial charge on any atom is -0.379 e. The van der Waals surface area contributed by atoms with Crippen LogP contribution in [0.15, 0.2) is 18.2 Å². The number of ketones is 1. The van der Waals surface area contributed by atoms with Gasteiger partial charge >= 0.3 is 0 Å². The summed E-state index contributed by atoms with van der Waals surface area (Å²) >= 11 is 0. The Morgan fingerprint density at radius 3 is 2.69 bits per heavy atom. The lowest BCUT2D eigenvalue weighted by Gasteiger charge is -2.19. The third kappa shape index (κ3) is 1.83. The highest BCUT2D eigenvalue weighted by molar-refractivity contribution is 6.03. The van der Waals surface area contributed by atoms with Crippen LogP contribution in [0.4, 0.5) is 8.78 Å². The van der Waals surface area contributed by atoms with Gasteiger partial charge in [0.25, 0.3) is 0 Å². The van der Waals surface area contributed by atoms with Crippen molar-refractivity contribution in [2.45, 2.75) is 12.0 Å². The highest BCUT2D eigenvalue weighted by Crippen LogP contribution is 2.22. The Morgan fingerprint density at radius 1 is 1.38 bits per heavy atom. The Kier molecular flexibility index (Phi) is 2.73. The molecule has 0 spiro atoms. The number of hydrogen-bond donors (Lipinski definition) is 1. The van der Waals surface area contributed by atoms with E-state index in [0.29, 0.717) is 13.0 Å². The summed E-state index contributed by atoms with van der Waals surface area (Å²) in [5, 5.41) is 0. The zero-order valence-electron chi connectivity index (χ0n) is 8.50. The first-order valence-electron chi connectivity index (χ1n) is 4.89. The summed E-state index contributed by atoms with van der Waals surface area (Å²) in [5.41, 5.74) is 4.80. The molecule has 1 aromatic carbocycles. The second-order valence-corrected chi connectivity index (χ2v) is 3.92. The molecule has 1 aliphatic heterocycles. The first-order valence-corrected chi connectivity index (χ1v) is 4.89. The van der Waals surface area contributed by atoms with E-state index in [4.69, 9.17) is 10.5 Å². The molecule has 3 nitrogen and oxygen atoms in total. The predicted octanol–water partition coefficient (Wildman–Crippen LogP) is 1.27. The molecule has 1 saturated heterocycles. The van der Waals surface area contributed by atoms with E-state index in [-0.39, 0.29) is 12.2 Å². The summed E-state index contributed by atoms with van der Waals surface area (Å²) in [6, 6.07) is 3.01. The molecule has 86 valence electrons. The highest BCUT2D eigenvalue weighted by atomic mass is 19.2. The number of carbonyl (C=O) groups excluding carboxylic acids is 1. The van der Waals surface area contributed by atoms with Crippen LogP contribution in [0.3, 0.4) is 0 Å². The quantitative estimate of drug-likeness (QED) is 0.774. The number of rotatable bonds is 2. The van der Waals surface area contributed by atoms with Crippen LogP contribution in [0, 0.1) is 11.6 Å². The number of carbonyl (C=O) groups is 1. The van der Waals surface area contributed by atoms with Crippen LogP contribution in [-0.2, 0) is 4.74 Å². The molecule has 1 aliphatic rings. The topological polar surface area (TPSA) is 52.3 Å². The minimum absolute atomic E-state index is 0.0758. The van der Waals surface area contributed by atoms with Crippen molar-refractivity contribution in [3.8, 4) is 0 Å². The van der Waals surface area contributed by atoms with Gasteiger partial charge in [-0.1, -0.05) is 0 Å². The lowest BCUT2D eigenvalue weighted by molar-refractivity contribution is 0.0862. The zero-order chi connectivity index (χ0) is 11.8. The van der Waals surface area contributed by atoms with Gasteiger partial charge < -0.3 is 10.5 Å². The summed E-state index contributed by atoms with van der Waals surface area (Å²) in [6.07, 6.45) is 0.394. The van der Waals surface area contributed by atoms with Crippen LogP contribution in [0.1, 0.15) is 16.8 Å². The molecule has 0 amide bonds. The summed E-state index contributed by atoms with van der Waals surface area (Å²) in [6.45, 7) is 0.525. The molecular weight excluding hydrogens is 216 g/mol. The smallest absolute Gasteiger partial charge is 0.185 e. The van der Waals surface area contributed by atoms with Crippen LogP contribution in [0.25, 0.3) is 0 Å². The largest absolute Gasteiger partial charge is 0.379 e. The van der Waals surface area contributed by atoms with Crippen molar-refractivity contribution in [3.05, 3.63) is 35.4 Å². The third-order valence-corrected chi connectivity index (χ3v) is 2.69. The number of halogens is 2. The normalized spacial score (nSPS) is 24.7. The monoisotopic (exact) mass is 227 g/mol. The van der Waals surface area contributed by atoms with Gasteiger partial charge in [-0.3, -0.25) is 4.79 Å². The number of benzene rings is 1. The Hall–Kier alpha value is -1.33. The van der Waals surface area contributed by atoms with E-state index in [2.05, 4.69) is 0 Å². The standard InChI is InChI=1S/C11H11F2NO2/c12-8-2-1-7(5-9(8)13)10(15)11(14)3-4-16-6-11/h1-2,5H,3-4,6,14H2. The number of hydrogen-bond acceptors (Lipinski definition) is 3. The molecule has 1 heterocycles. The second-order valence-electron chi connectivity index (χ2n) is 3.92. The maximum Gasteiger partial charge on any atom is 0.185 e. The van der Waals surface area contributed by atoms with Crippen molar-refractivity contribution < 1.29 is 18.3 Å². The van der Waals surface area contributed by atoms with Crippen molar-refractivity contribution in [1.29, 1.82) is 0 Å². The number of ether oxygens (including phenoxy) is 1. The molecule has 5 heteroatoms. The molecule has 1 atom stereocenters. The van der Waals surface area contributed by atoms with E-state index in [9.17, 15) is 13.6 Å². The van der Waals surface area contributed by atoms with Gasteiger partial charge in [0, 0.05) is 12.2 Å². The summed E-state index contributed by atoms with van der Waals surface area (Å²) < 4.78 is 30.7. The van der Waals surface area contributed by atoms with Gasteiger partial charge in [-0.25, -0.2) is 8.78 Å². The average molecular weight is 227 g/mol. The van der Waals surface area contributed by atoms with Crippen LogP contribution >= 0.6 is 0 Å². The Morgan fingerprint density at radius 2 is 2.12 bits per heavy atom. The molecule has 1 fully saturated rings. The molecule has 0 aromatic heterocycles. The zero-order valence-corrected chi connectivity index (χ0v) is 8.50. The van der Waals surface area contributed by atoms with Crippen molar-refractivity contribution in [1.82, 2.24) is 0 Å². The fourth-order valence-corrected chi connectivity index (χ4v) is 1.68. The maximum atomic E-state index is 13.0. The second kappa shape index (κ2) is 3.92. The SMILES string of the molecule is NC1(C(=O)c2ccc(F)c(F)c2)CCOC1. The summed E-state index contributed by atoms with van der Waals surface area (Å²) in [4.78, 5) is 11.9. The summed E-state index contributed by atoms with van der Waals surface area (Å²) in [5.74, 6) is -2.44. The van der Waals surface area contributed by atoms with E-state index in [1.807, 2.05) is 0 Å². The molecule has 1 unspecified atom stereocenters. The molecule has 0 bridgehead atoms. The molecule has 2 rings (SSSR count). The van der Waals surface area contributed by atoms with Crippen LogP contribution in [0.5, 0.6) is 0 Å². The van der Waals surface area contributed by atoms with Crippen LogP contribution in [-0.4, -0.2) is 24.5 Å². The maximum absolute atomic E-state index is 13.0. The van der Waals surface area contributed by atoms with Crippen LogP contribution < -0.4 is 5.73 Å². The number of nitrogens with two attached hydrogens (primary N) is 1. The van der Waals surface area contributed by atoms with E-state index in [1.165, 1.54) is 6.07 Å². The molecule has 0 radical (unpaired) electrons. The van der Waals surface area contributed by atoms with E-state index >= 15 is 0 Å². The molecule has 16 heavy (non-hydrogen) atoms. The molecule has 0 saturated carbocycles.